The van der Waals surface area contributed by atoms with Gasteiger partial charge in [0.05, 0.1) is 7.11 Å². The summed E-state index contributed by atoms with van der Waals surface area (Å²) < 4.78 is 27.0. The molecule has 2 fully saturated rings. The standard InChI is InChI=1S/C31H40O16/c1-12(8-14-4-6-17(43-3)16(32)10-14)13(2)9-15-5-7-18(44-30-24(37)20(33)22(35)26(46-30)28(39)40)19(11-15)45-31-25(38)21(34)23(36)27(47-31)29(41)42/h4-7,10-13,20-27,30-38H,8-9H2,1-3H3,(H,39,40)(H,41,42). The van der Waals surface area contributed by atoms with E-state index in [1.54, 1.807) is 18.2 Å². The molecule has 12 atom stereocenters. The van der Waals surface area contributed by atoms with Crippen molar-refractivity contribution in [3.8, 4) is 23.0 Å². The average molecular weight is 669 g/mol. The molecule has 0 bridgehead atoms. The molecule has 9 N–H and O–H groups in total. The normalized spacial score (nSPS) is 32.2. The summed E-state index contributed by atoms with van der Waals surface area (Å²) in [6.07, 6.45) is -18.3. The molecule has 16 heteroatoms. The second kappa shape index (κ2) is 15.0. The van der Waals surface area contributed by atoms with Crippen molar-refractivity contribution in [3.05, 3.63) is 47.5 Å². The van der Waals surface area contributed by atoms with Crippen LogP contribution in [0, 0.1) is 11.8 Å². The number of phenolic OH excluding ortho intramolecular Hbond substituents is 1. The SMILES string of the molecule is COc1ccc(CC(C)C(C)Cc2ccc(OC3OC(C(=O)O)C(O)C(O)C3O)c(OC3OC(C(=O)O)C(O)C(O)C3O)c2)cc1O. The van der Waals surface area contributed by atoms with Gasteiger partial charge in [0.15, 0.2) is 35.2 Å². The summed E-state index contributed by atoms with van der Waals surface area (Å²) in [6.45, 7) is 4.01. The fourth-order valence-corrected chi connectivity index (χ4v) is 5.43. The van der Waals surface area contributed by atoms with Crippen LogP contribution in [0.15, 0.2) is 36.4 Å². The number of rotatable bonds is 12. The number of carboxylic acids is 2. The number of hydrogen-bond acceptors (Lipinski definition) is 14. The highest BCUT2D eigenvalue weighted by Gasteiger charge is 2.50. The maximum absolute atomic E-state index is 11.6. The van der Waals surface area contributed by atoms with Crippen LogP contribution in [0.3, 0.4) is 0 Å². The van der Waals surface area contributed by atoms with Gasteiger partial charge in [0.25, 0.3) is 0 Å². The molecule has 16 nitrogen and oxygen atoms in total. The van der Waals surface area contributed by atoms with Gasteiger partial charge >= 0.3 is 11.9 Å². The van der Waals surface area contributed by atoms with E-state index in [4.69, 9.17) is 23.7 Å². The first-order chi connectivity index (χ1) is 22.1. The lowest BCUT2D eigenvalue weighted by molar-refractivity contribution is -0.276. The molecule has 0 aliphatic carbocycles. The van der Waals surface area contributed by atoms with Gasteiger partial charge in [-0.15, -0.1) is 0 Å². The van der Waals surface area contributed by atoms with Crippen molar-refractivity contribution >= 4 is 11.9 Å². The largest absolute Gasteiger partial charge is 0.504 e. The molecule has 2 saturated heterocycles. The Balaban J connectivity index is 1.60. The van der Waals surface area contributed by atoms with Gasteiger partial charge in [-0.3, -0.25) is 0 Å². The molecule has 0 spiro atoms. The number of aliphatic carboxylic acids is 2. The predicted octanol–water partition coefficient (Wildman–Crippen LogP) is -1.000. The molecular weight excluding hydrogens is 628 g/mol. The number of carboxylic acid groups (broad SMARTS) is 2. The second-order valence-corrected chi connectivity index (χ2v) is 11.9. The van der Waals surface area contributed by atoms with E-state index in [-0.39, 0.29) is 29.1 Å². The fraction of sp³-hybridized carbons (Fsp3) is 0.548. The Labute approximate surface area is 268 Å². The Morgan fingerprint density at radius 2 is 1.09 bits per heavy atom. The summed E-state index contributed by atoms with van der Waals surface area (Å²) in [5.74, 6) is -3.24. The number of aliphatic hydroxyl groups is 6. The third kappa shape index (κ3) is 8.05. The van der Waals surface area contributed by atoms with Crippen molar-refractivity contribution < 1.29 is 79.2 Å². The maximum Gasteiger partial charge on any atom is 0.335 e. The van der Waals surface area contributed by atoms with E-state index in [0.29, 0.717) is 24.2 Å². The van der Waals surface area contributed by atoms with Gasteiger partial charge in [0.2, 0.25) is 12.6 Å². The quantitative estimate of drug-likeness (QED) is 0.131. The molecule has 2 aromatic carbocycles. The fourth-order valence-electron chi connectivity index (χ4n) is 5.43. The van der Waals surface area contributed by atoms with E-state index in [2.05, 4.69) is 0 Å². The topological polar surface area (TPSA) is 262 Å². The van der Waals surface area contributed by atoms with Gasteiger partial charge in [-0.1, -0.05) is 26.0 Å². The van der Waals surface area contributed by atoms with E-state index >= 15 is 0 Å². The van der Waals surface area contributed by atoms with Crippen molar-refractivity contribution in [1.82, 2.24) is 0 Å². The first-order valence-corrected chi connectivity index (χ1v) is 14.8. The molecule has 2 aliphatic rings. The third-order valence-electron chi connectivity index (χ3n) is 8.45. The number of ether oxygens (including phenoxy) is 5. The monoisotopic (exact) mass is 668 g/mol. The second-order valence-electron chi connectivity index (χ2n) is 11.9. The van der Waals surface area contributed by atoms with Crippen LogP contribution in [-0.4, -0.2) is 126 Å². The number of aromatic hydroxyl groups is 1. The predicted molar refractivity (Wildman–Crippen MR) is 157 cm³/mol. The summed E-state index contributed by atoms with van der Waals surface area (Å²) >= 11 is 0. The van der Waals surface area contributed by atoms with Gasteiger partial charge in [-0.2, -0.15) is 0 Å². The Hall–Kier alpha value is -3.74. The zero-order valence-corrected chi connectivity index (χ0v) is 25.7. The van der Waals surface area contributed by atoms with Crippen LogP contribution in [0.1, 0.15) is 25.0 Å². The van der Waals surface area contributed by atoms with Gasteiger partial charge in [-0.05, 0) is 60.1 Å². The van der Waals surface area contributed by atoms with Gasteiger partial charge in [-0.25, -0.2) is 9.59 Å². The molecule has 0 radical (unpaired) electrons. The zero-order valence-electron chi connectivity index (χ0n) is 25.7. The van der Waals surface area contributed by atoms with Crippen molar-refractivity contribution in [2.24, 2.45) is 11.8 Å². The number of carbonyl (C=O) groups is 2. The Bertz CT molecular complexity index is 1400. The lowest BCUT2D eigenvalue weighted by Crippen LogP contribution is -2.61. The van der Waals surface area contributed by atoms with Crippen molar-refractivity contribution in [1.29, 1.82) is 0 Å². The molecule has 12 unspecified atom stereocenters. The van der Waals surface area contributed by atoms with Gasteiger partial charge in [0.1, 0.15) is 36.6 Å². The van der Waals surface area contributed by atoms with Crippen LogP contribution in [-0.2, 0) is 31.9 Å². The maximum atomic E-state index is 11.6. The molecule has 260 valence electrons. The molecular formula is C31H40O16. The number of phenols is 1. The van der Waals surface area contributed by atoms with Gasteiger partial charge < -0.3 is 69.6 Å². The Kier molecular flexibility index (Phi) is 11.5. The van der Waals surface area contributed by atoms with Gasteiger partial charge in [0, 0.05) is 0 Å². The molecule has 0 aromatic heterocycles. The van der Waals surface area contributed by atoms with Crippen LogP contribution >= 0.6 is 0 Å². The van der Waals surface area contributed by atoms with Crippen molar-refractivity contribution in [3.63, 3.8) is 0 Å². The highest BCUT2D eigenvalue weighted by atomic mass is 16.7. The molecule has 4 rings (SSSR count). The zero-order chi connectivity index (χ0) is 34.7. The summed E-state index contributed by atoms with van der Waals surface area (Å²) in [4.78, 5) is 23.2. The minimum atomic E-state index is -1.98. The lowest BCUT2D eigenvalue weighted by atomic mass is 9.85. The molecule has 2 aliphatic heterocycles. The molecule has 2 heterocycles. The summed E-state index contributed by atoms with van der Waals surface area (Å²) in [7, 11) is 1.45. The van der Waals surface area contributed by atoms with Crippen LogP contribution in [0.2, 0.25) is 0 Å². The summed E-state index contributed by atoms with van der Waals surface area (Å²) in [6, 6.07) is 9.58. The number of aliphatic hydroxyl groups excluding tert-OH is 6. The van der Waals surface area contributed by atoms with Crippen molar-refractivity contribution in [2.45, 2.75) is 88.1 Å². The summed E-state index contributed by atoms with van der Waals surface area (Å²) in [5.41, 5.74) is 1.53. The summed E-state index contributed by atoms with van der Waals surface area (Å²) in [5, 5.41) is 90.6. The van der Waals surface area contributed by atoms with E-state index in [9.17, 15) is 55.5 Å². The molecule has 47 heavy (non-hydrogen) atoms. The third-order valence-corrected chi connectivity index (χ3v) is 8.45. The Morgan fingerprint density at radius 3 is 1.51 bits per heavy atom. The highest BCUT2D eigenvalue weighted by molar-refractivity contribution is 5.74. The lowest BCUT2D eigenvalue weighted by Gasteiger charge is -2.40. The minimum absolute atomic E-state index is 0.0147. The molecule has 0 saturated carbocycles. The smallest absolute Gasteiger partial charge is 0.335 e. The molecule has 0 amide bonds. The highest BCUT2D eigenvalue weighted by Crippen LogP contribution is 2.36. The van der Waals surface area contributed by atoms with E-state index in [0.717, 1.165) is 5.56 Å². The van der Waals surface area contributed by atoms with Crippen molar-refractivity contribution in [2.75, 3.05) is 7.11 Å². The van der Waals surface area contributed by atoms with Crippen LogP contribution in [0.4, 0.5) is 0 Å². The number of hydrogen-bond donors (Lipinski definition) is 9. The van der Waals surface area contributed by atoms with E-state index in [1.165, 1.54) is 19.2 Å². The van der Waals surface area contributed by atoms with E-state index in [1.807, 2.05) is 19.9 Å². The van der Waals surface area contributed by atoms with Crippen LogP contribution in [0.25, 0.3) is 0 Å². The molecule has 2 aromatic rings. The average Bonchev–Trinajstić information content (AvgIpc) is 3.02. The van der Waals surface area contributed by atoms with E-state index < -0.39 is 73.4 Å². The van der Waals surface area contributed by atoms with Crippen LogP contribution in [0.5, 0.6) is 23.0 Å². The Morgan fingerprint density at radius 1 is 0.660 bits per heavy atom. The first kappa shape index (κ1) is 36.1. The van der Waals surface area contributed by atoms with Crippen LogP contribution < -0.4 is 14.2 Å². The number of methoxy groups -OCH3 is 1. The number of benzene rings is 2. The minimum Gasteiger partial charge on any atom is -0.504 e. The first-order valence-electron chi connectivity index (χ1n) is 14.8.